The molecular weight excluding hydrogens is 186 g/mol. The van der Waals surface area contributed by atoms with Crippen molar-refractivity contribution < 1.29 is 4.74 Å². The van der Waals surface area contributed by atoms with Crippen molar-refractivity contribution in [3.8, 4) is 0 Å². The Balaban J connectivity index is 0.000000531. The van der Waals surface area contributed by atoms with Gasteiger partial charge in [-0.05, 0) is 26.0 Å². The Morgan fingerprint density at radius 3 is 2.20 bits per heavy atom. The first kappa shape index (κ1) is 11.8. The van der Waals surface area contributed by atoms with Gasteiger partial charge >= 0.3 is 0 Å². The average Bonchev–Trinajstić information content (AvgIpc) is 2.63. The number of nitrogens with zero attached hydrogens (tertiary/aromatic N) is 1. The first-order valence-electron chi connectivity index (χ1n) is 5.46. The molecule has 0 unspecified atom stereocenters. The lowest BCUT2D eigenvalue weighted by molar-refractivity contribution is 0.131. The third-order valence-electron chi connectivity index (χ3n) is 2.00. The predicted molar refractivity (Wildman–Crippen MR) is 64.4 cm³/mol. The van der Waals surface area contributed by atoms with Gasteiger partial charge in [0.1, 0.15) is 5.60 Å². The molecule has 2 rings (SSSR count). The zero-order valence-corrected chi connectivity index (χ0v) is 9.95. The summed E-state index contributed by atoms with van der Waals surface area (Å²) < 4.78 is 5.68. The van der Waals surface area contributed by atoms with E-state index in [1.807, 2.05) is 58.0 Å². The van der Waals surface area contributed by atoms with Crippen LogP contribution in [0, 0.1) is 0 Å². The summed E-state index contributed by atoms with van der Waals surface area (Å²) in [6.45, 7) is 8.84. The molecule has 1 heterocycles. The van der Waals surface area contributed by atoms with E-state index < -0.39 is 0 Å². The largest absolute Gasteiger partial charge is 0.469 e. The SMILES string of the molecule is CC.CC1(C)CN=C(c2ccccc2)O1. The Bertz CT molecular complexity index is 328. The second kappa shape index (κ2) is 4.96. The van der Waals surface area contributed by atoms with Crippen molar-refractivity contribution in [2.45, 2.75) is 33.3 Å². The standard InChI is InChI=1S/C11H13NO.C2H6/c1-11(2)8-12-10(13-11)9-6-4-3-5-7-9;1-2/h3-7H,8H2,1-2H3;1-2H3. The van der Waals surface area contributed by atoms with Gasteiger partial charge in [0.05, 0.1) is 6.54 Å². The molecule has 0 aromatic heterocycles. The molecule has 0 aliphatic carbocycles. The van der Waals surface area contributed by atoms with Gasteiger partial charge in [-0.25, -0.2) is 4.99 Å². The lowest BCUT2D eigenvalue weighted by atomic mass is 10.1. The summed E-state index contributed by atoms with van der Waals surface area (Å²) in [7, 11) is 0. The van der Waals surface area contributed by atoms with Crippen molar-refractivity contribution in [2.75, 3.05) is 6.54 Å². The number of ether oxygens (including phenoxy) is 1. The smallest absolute Gasteiger partial charge is 0.216 e. The number of hydrogen-bond donors (Lipinski definition) is 0. The lowest BCUT2D eigenvalue weighted by Gasteiger charge is -2.17. The Hall–Kier alpha value is -1.31. The quantitative estimate of drug-likeness (QED) is 0.689. The van der Waals surface area contributed by atoms with Crippen molar-refractivity contribution in [1.82, 2.24) is 0 Å². The van der Waals surface area contributed by atoms with E-state index >= 15 is 0 Å². The van der Waals surface area contributed by atoms with Gasteiger partial charge in [-0.3, -0.25) is 0 Å². The van der Waals surface area contributed by atoms with Crippen molar-refractivity contribution in [1.29, 1.82) is 0 Å². The maximum atomic E-state index is 5.68. The van der Waals surface area contributed by atoms with Crippen molar-refractivity contribution in [3.05, 3.63) is 35.9 Å². The molecule has 0 spiro atoms. The summed E-state index contributed by atoms with van der Waals surface area (Å²) in [5.41, 5.74) is 0.929. The molecule has 0 saturated heterocycles. The highest BCUT2D eigenvalue weighted by Gasteiger charge is 2.27. The van der Waals surface area contributed by atoms with E-state index in [4.69, 9.17) is 4.74 Å². The zero-order valence-electron chi connectivity index (χ0n) is 9.95. The van der Waals surface area contributed by atoms with E-state index in [2.05, 4.69) is 4.99 Å². The minimum Gasteiger partial charge on any atom is -0.469 e. The maximum Gasteiger partial charge on any atom is 0.216 e. The fraction of sp³-hybridized carbons (Fsp3) is 0.462. The van der Waals surface area contributed by atoms with Gasteiger partial charge < -0.3 is 4.74 Å². The second-order valence-corrected chi connectivity index (χ2v) is 3.85. The van der Waals surface area contributed by atoms with Gasteiger partial charge in [-0.1, -0.05) is 32.0 Å². The second-order valence-electron chi connectivity index (χ2n) is 3.85. The third-order valence-corrected chi connectivity index (χ3v) is 2.00. The molecular formula is C13H19NO. The van der Waals surface area contributed by atoms with Crippen LogP contribution < -0.4 is 0 Å². The van der Waals surface area contributed by atoms with Gasteiger partial charge in [0, 0.05) is 5.56 Å². The Morgan fingerprint density at radius 1 is 1.13 bits per heavy atom. The van der Waals surface area contributed by atoms with Crippen LogP contribution in [0.5, 0.6) is 0 Å². The van der Waals surface area contributed by atoms with Crippen LogP contribution in [0.4, 0.5) is 0 Å². The molecule has 2 heteroatoms. The van der Waals surface area contributed by atoms with E-state index in [0.717, 1.165) is 18.0 Å². The van der Waals surface area contributed by atoms with E-state index in [0.29, 0.717) is 0 Å². The first-order chi connectivity index (χ1) is 7.17. The number of benzene rings is 1. The molecule has 1 aliphatic heterocycles. The van der Waals surface area contributed by atoms with E-state index in [9.17, 15) is 0 Å². The molecule has 1 aromatic rings. The molecule has 0 N–H and O–H groups in total. The Morgan fingerprint density at radius 2 is 1.73 bits per heavy atom. The van der Waals surface area contributed by atoms with E-state index in [1.165, 1.54) is 0 Å². The van der Waals surface area contributed by atoms with E-state index in [1.54, 1.807) is 0 Å². The highest BCUT2D eigenvalue weighted by atomic mass is 16.5. The topological polar surface area (TPSA) is 21.6 Å². The molecule has 0 fully saturated rings. The van der Waals surface area contributed by atoms with Crippen molar-refractivity contribution in [3.63, 3.8) is 0 Å². The number of rotatable bonds is 1. The molecule has 0 radical (unpaired) electrons. The van der Waals surface area contributed by atoms with Gasteiger partial charge in [0.25, 0.3) is 0 Å². The Labute approximate surface area is 92.0 Å². The molecule has 1 aliphatic rings. The number of hydrogen-bond acceptors (Lipinski definition) is 2. The summed E-state index contributed by atoms with van der Waals surface area (Å²) >= 11 is 0. The fourth-order valence-corrected chi connectivity index (χ4v) is 1.32. The highest BCUT2D eigenvalue weighted by molar-refractivity contribution is 5.95. The van der Waals surface area contributed by atoms with Gasteiger partial charge in [0.2, 0.25) is 5.90 Å². The van der Waals surface area contributed by atoms with Crippen LogP contribution in [-0.4, -0.2) is 18.0 Å². The number of aliphatic imine (C=N–C) groups is 1. The predicted octanol–water partition coefficient (Wildman–Crippen LogP) is 3.27. The van der Waals surface area contributed by atoms with Gasteiger partial charge in [0.15, 0.2) is 0 Å². The summed E-state index contributed by atoms with van der Waals surface area (Å²) in [6.07, 6.45) is 0. The van der Waals surface area contributed by atoms with Crippen LogP contribution in [0.2, 0.25) is 0 Å². The van der Waals surface area contributed by atoms with E-state index in [-0.39, 0.29) is 5.60 Å². The molecule has 0 bridgehead atoms. The molecule has 15 heavy (non-hydrogen) atoms. The lowest BCUT2D eigenvalue weighted by Crippen LogP contribution is -2.24. The van der Waals surface area contributed by atoms with Gasteiger partial charge in [-0.15, -0.1) is 0 Å². The van der Waals surface area contributed by atoms with Crippen LogP contribution in [0.1, 0.15) is 33.3 Å². The van der Waals surface area contributed by atoms with Crippen LogP contribution >= 0.6 is 0 Å². The molecule has 1 aromatic carbocycles. The molecule has 0 saturated carbocycles. The van der Waals surface area contributed by atoms with Crippen LogP contribution in [0.15, 0.2) is 35.3 Å². The summed E-state index contributed by atoms with van der Waals surface area (Å²) in [5, 5.41) is 0. The summed E-state index contributed by atoms with van der Waals surface area (Å²) in [6, 6.07) is 10.0. The van der Waals surface area contributed by atoms with Gasteiger partial charge in [-0.2, -0.15) is 0 Å². The average molecular weight is 205 g/mol. The Kier molecular flexibility index (Phi) is 3.89. The van der Waals surface area contributed by atoms with Crippen molar-refractivity contribution >= 4 is 5.90 Å². The molecule has 82 valence electrons. The highest BCUT2D eigenvalue weighted by Crippen LogP contribution is 2.20. The molecule has 0 amide bonds. The van der Waals surface area contributed by atoms with Crippen LogP contribution in [-0.2, 0) is 4.74 Å². The normalized spacial score (nSPS) is 17.2. The van der Waals surface area contributed by atoms with Crippen LogP contribution in [0.3, 0.4) is 0 Å². The molecule has 2 nitrogen and oxygen atoms in total. The van der Waals surface area contributed by atoms with Crippen molar-refractivity contribution in [2.24, 2.45) is 4.99 Å². The monoisotopic (exact) mass is 205 g/mol. The third kappa shape index (κ3) is 3.08. The minimum atomic E-state index is -0.134. The fourth-order valence-electron chi connectivity index (χ4n) is 1.32. The first-order valence-corrected chi connectivity index (χ1v) is 5.46. The summed E-state index contributed by atoms with van der Waals surface area (Å²) in [4.78, 5) is 4.35. The zero-order chi connectivity index (χ0) is 11.3. The summed E-state index contributed by atoms with van der Waals surface area (Å²) in [5.74, 6) is 0.769. The minimum absolute atomic E-state index is 0.134. The van der Waals surface area contributed by atoms with Crippen LogP contribution in [0.25, 0.3) is 0 Å². The molecule has 0 atom stereocenters. The maximum absolute atomic E-state index is 5.68.